The van der Waals surface area contributed by atoms with E-state index in [1.54, 1.807) is 0 Å². The summed E-state index contributed by atoms with van der Waals surface area (Å²) in [5, 5.41) is 4.96. The topological polar surface area (TPSA) is 12.5 Å². The highest BCUT2D eigenvalue weighted by Crippen LogP contribution is 2.66. The van der Waals surface area contributed by atoms with Gasteiger partial charge in [0.2, 0.25) is 0 Å². The van der Waals surface area contributed by atoms with Crippen LogP contribution >= 0.6 is 11.8 Å². The summed E-state index contributed by atoms with van der Waals surface area (Å²) in [5.41, 5.74) is 17.4. The molecule has 0 radical (unpaired) electrons. The van der Waals surface area contributed by atoms with Gasteiger partial charge in [-0.1, -0.05) is 194 Å². The van der Waals surface area contributed by atoms with E-state index in [9.17, 15) is 0 Å². The van der Waals surface area contributed by atoms with Gasteiger partial charge in [0.25, 0.3) is 0 Å². The number of nitrogens with zero attached hydrogens (tertiary/aromatic N) is 1. The van der Waals surface area contributed by atoms with Gasteiger partial charge in [0, 0.05) is 37.9 Å². The normalized spacial score (nSPS) is 14.6. The number of hydrogen-bond donors (Lipinski definition) is 0. The molecule has 2 heterocycles. The summed E-state index contributed by atoms with van der Waals surface area (Å²) in [6.45, 7) is 0. The van der Waals surface area contributed by atoms with Gasteiger partial charge in [0.05, 0.1) is 16.5 Å². The minimum atomic E-state index is -0.599. The zero-order valence-corrected chi connectivity index (χ0v) is 37.1. The maximum atomic E-state index is 6.74. The Labute approximate surface area is 393 Å². The number of ether oxygens (including phenoxy) is 1. The lowest BCUT2D eigenvalue weighted by molar-refractivity contribution is 0.436. The molecule has 4 aliphatic rings. The molecular weight excluding hydrogens is 831 g/mol. The number of benzene rings is 11. The van der Waals surface area contributed by atoms with Crippen LogP contribution < -0.4 is 9.64 Å². The van der Waals surface area contributed by atoms with E-state index >= 15 is 0 Å². The quantitative estimate of drug-likeness (QED) is 0.164. The molecule has 0 amide bonds. The molecule has 0 fully saturated rings. The van der Waals surface area contributed by atoms with Crippen molar-refractivity contribution in [3.05, 3.63) is 281 Å². The van der Waals surface area contributed by atoms with Crippen molar-refractivity contribution in [3.8, 4) is 33.8 Å². The predicted molar refractivity (Wildman–Crippen MR) is 275 cm³/mol. The van der Waals surface area contributed by atoms with Crippen LogP contribution in [0.15, 0.2) is 246 Å². The first-order valence-corrected chi connectivity index (χ1v) is 24.0. The third-order valence-electron chi connectivity index (χ3n) is 15.2. The van der Waals surface area contributed by atoms with Crippen LogP contribution in [0.4, 0.5) is 17.1 Å². The smallest absolute Gasteiger partial charge is 0.132 e. The molecule has 2 aliphatic heterocycles. The molecule has 0 N–H and O–H groups in total. The summed E-state index contributed by atoms with van der Waals surface area (Å²) in [5.74, 6) is 1.78. The lowest BCUT2D eigenvalue weighted by atomic mass is 9.66. The molecule has 15 rings (SSSR count). The monoisotopic (exact) mass is 869 g/mol. The molecule has 0 atom stereocenters. The Morgan fingerprint density at radius 1 is 0.328 bits per heavy atom. The van der Waals surface area contributed by atoms with E-state index in [0.717, 1.165) is 39.7 Å². The van der Waals surface area contributed by atoms with Gasteiger partial charge in [-0.3, -0.25) is 0 Å². The molecule has 3 heteroatoms. The number of anilines is 3. The first kappa shape index (κ1) is 37.1. The fourth-order valence-corrected chi connectivity index (χ4v) is 13.8. The van der Waals surface area contributed by atoms with Crippen LogP contribution in [0.5, 0.6) is 11.5 Å². The Morgan fingerprint density at radius 2 is 0.836 bits per heavy atom. The van der Waals surface area contributed by atoms with Gasteiger partial charge in [-0.25, -0.2) is 0 Å². The Bertz CT molecular complexity index is 3830. The van der Waals surface area contributed by atoms with Crippen LogP contribution in [0.2, 0.25) is 0 Å². The first-order chi connectivity index (χ1) is 33.2. The van der Waals surface area contributed by atoms with E-state index in [-0.39, 0.29) is 0 Å². The number of fused-ring (bicyclic) bond motifs is 21. The summed E-state index contributed by atoms with van der Waals surface area (Å²) in [6.07, 6.45) is 0. The zero-order valence-electron chi connectivity index (χ0n) is 36.3. The molecular formula is C64H39NOS. The fourth-order valence-electron chi connectivity index (χ4n) is 12.6. The average Bonchev–Trinajstić information content (AvgIpc) is 3.85. The Balaban J connectivity index is 1.05. The van der Waals surface area contributed by atoms with Gasteiger partial charge < -0.3 is 9.64 Å². The highest BCUT2D eigenvalue weighted by Gasteiger charge is 2.53. The Kier molecular flexibility index (Phi) is 7.60. The van der Waals surface area contributed by atoms with Gasteiger partial charge >= 0.3 is 0 Å². The summed E-state index contributed by atoms with van der Waals surface area (Å²) in [6, 6.07) is 88.3. The largest absolute Gasteiger partial charge is 0.457 e. The Morgan fingerprint density at radius 3 is 1.58 bits per heavy atom. The predicted octanol–water partition coefficient (Wildman–Crippen LogP) is 16.8. The molecule has 0 saturated carbocycles. The maximum Gasteiger partial charge on any atom is 0.132 e. The van der Waals surface area contributed by atoms with Gasteiger partial charge in [-0.15, -0.1) is 0 Å². The van der Waals surface area contributed by atoms with Gasteiger partial charge in [0.1, 0.15) is 11.5 Å². The van der Waals surface area contributed by atoms with E-state index < -0.39 is 10.8 Å². The van der Waals surface area contributed by atoms with Gasteiger partial charge in [-0.2, -0.15) is 0 Å². The van der Waals surface area contributed by atoms with Crippen LogP contribution in [0.3, 0.4) is 0 Å². The van der Waals surface area contributed by atoms with Crippen LogP contribution in [0.25, 0.3) is 43.8 Å². The molecule has 0 saturated heterocycles. The molecule has 11 aromatic rings. The lowest BCUT2D eigenvalue weighted by Crippen LogP contribution is -2.32. The third-order valence-corrected chi connectivity index (χ3v) is 16.3. The standard InChI is InChI=1S/C64H39NOS/c1-2-17-44-40(16-1)32-33-41-38-42(34-36-45(41)44)65(43-35-37-47-46-18-3-5-20-49(46)64(56(47)39-43)53-24-9-13-30-60(53)67-61-31-14-10-25-54(61)64)57-27-15-26-55-62(57)48-19-4-6-21-50(48)63(55)51-22-7-11-28-58(51)66-59-29-12-8-23-52(59)63/h1-39H. The second-order valence-electron chi connectivity index (χ2n) is 18.2. The first-order valence-electron chi connectivity index (χ1n) is 23.2. The summed E-state index contributed by atoms with van der Waals surface area (Å²) >= 11 is 1.89. The fraction of sp³-hybridized carbons (Fsp3) is 0.0312. The van der Waals surface area contributed by atoms with Crippen molar-refractivity contribution in [2.24, 2.45) is 0 Å². The SMILES string of the molecule is c1ccc2c(c1)Oc1ccccc1C21c2ccccc2-c2c(N(c3ccc4c(c3)C3(c5ccccc5Sc5ccccc53)c3ccccc3-4)c3ccc4c(ccc5ccccc54)c3)cccc21. The van der Waals surface area contributed by atoms with Crippen molar-refractivity contribution < 1.29 is 4.74 Å². The number of rotatable bonds is 3. The second-order valence-corrected chi connectivity index (χ2v) is 19.3. The van der Waals surface area contributed by atoms with E-state index in [1.807, 2.05) is 11.8 Å². The number of para-hydroxylation sites is 2. The van der Waals surface area contributed by atoms with Gasteiger partial charge in [0.15, 0.2) is 0 Å². The highest BCUT2D eigenvalue weighted by atomic mass is 32.2. The van der Waals surface area contributed by atoms with Gasteiger partial charge in [-0.05, 0) is 126 Å². The van der Waals surface area contributed by atoms with Crippen LogP contribution in [0, 0.1) is 0 Å². The summed E-state index contributed by atoms with van der Waals surface area (Å²) in [4.78, 5) is 5.15. The zero-order chi connectivity index (χ0) is 43.8. The molecule has 2 nitrogen and oxygen atoms in total. The molecule has 0 unspecified atom stereocenters. The van der Waals surface area contributed by atoms with Crippen molar-refractivity contribution in [1.82, 2.24) is 0 Å². The van der Waals surface area contributed by atoms with Crippen molar-refractivity contribution in [2.75, 3.05) is 4.90 Å². The van der Waals surface area contributed by atoms with Crippen LogP contribution in [-0.4, -0.2) is 0 Å². The van der Waals surface area contributed by atoms with Crippen LogP contribution in [0.1, 0.15) is 44.5 Å². The van der Waals surface area contributed by atoms with E-state index in [2.05, 4.69) is 241 Å². The Hall–Kier alpha value is -8.11. The average molecular weight is 870 g/mol. The summed E-state index contributed by atoms with van der Waals surface area (Å²) in [7, 11) is 0. The minimum absolute atomic E-state index is 0.515. The van der Waals surface area contributed by atoms with E-state index in [0.29, 0.717) is 0 Å². The second kappa shape index (κ2) is 13.7. The molecule has 11 aromatic carbocycles. The minimum Gasteiger partial charge on any atom is -0.457 e. The molecule has 312 valence electrons. The van der Waals surface area contributed by atoms with Crippen molar-refractivity contribution >= 4 is 50.4 Å². The molecule has 2 aliphatic carbocycles. The summed E-state index contributed by atoms with van der Waals surface area (Å²) < 4.78 is 6.74. The van der Waals surface area contributed by atoms with Crippen molar-refractivity contribution in [2.45, 2.75) is 20.6 Å². The van der Waals surface area contributed by atoms with E-state index in [4.69, 9.17) is 4.74 Å². The van der Waals surface area contributed by atoms with Crippen molar-refractivity contribution in [3.63, 3.8) is 0 Å². The number of hydrogen-bond acceptors (Lipinski definition) is 3. The van der Waals surface area contributed by atoms with Crippen LogP contribution in [-0.2, 0) is 10.8 Å². The molecule has 2 spiro atoms. The lowest BCUT2D eigenvalue weighted by Gasteiger charge is -2.40. The third kappa shape index (κ3) is 4.81. The van der Waals surface area contributed by atoms with E-state index in [1.165, 1.54) is 87.0 Å². The molecule has 0 bridgehead atoms. The maximum absolute atomic E-state index is 6.74. The molecule has 67 heavy (non-hydrogen) atoms. The van der Waals surface area contributed by atoms with Crippen molar-refractivity contribution in [1.29, 1.82) is 0 Å². The highest BCUT2D eigenvalue weighted by molar-refractivity contribution is 7.99. The molecule has 0 aromatic heterocycles.